The first-order chi connectivity index (χ1) is 9.63. The Labute approximate surface area is 126 Å². The van der Waals surface area contributed by atoms with Crippen molar-refractivity contribution in [3.63, 3.8) is 0 Å². The molecule has 3 aromatic rings. The van der Waals surface area contributed by atoms with Gasteiger partial charge in [0, 0.05) is 14.3 Å². The van der Waals surface area contributed by atoms with Crippen molar-refractivity contribution in [3.8, 4) is 5.75 Å². The molecule has 0 spiro atoms. The fourth-order valence-corrected chi connectivity index (χ4v) is 4.30. The zero-order valence-electron chi connectivity index (χ0n) is 11.5. The van der Waals surface area contributed by atoms with Crippen molar-refractivity contribution in [2.24, 2.45) is 5.73 Å². The zero-order chi connectivity index (χ0) is 14.1. The van der Waals surface area contributed by atoms with Crippen LogP contribution in [-0.4, -0.2) is 6.10 Å². The highest BCUT2D eigenvalue weighted by molar-refractivity contribution is 7.27. The minimum absolute atomic E-state index is 0.0877. The monoisotopic (exact) mass is 303 g/mol. The van der Waals surface area contributed by atoms with Crippen LogP contribution < -0.4 is 10.5 Å². The zero-order valence-corrected chi connectivity index (χ0v) is 13.1. The van der Waals surface area contributed by atoms with E-state index in [1.165, 1.54) is 14.3 Å². The molecular formula is C16H17NOS2. The summed E-state index contributed by atoms with van der Waals surface area (Å²) in [5.41, 5.74) is 7.49. The van der Waals surface area contributed by atoms with E-state index in [1.54, 1.807) is 22.7 Å². The van der Waals surface area contributed by atoms with Gasteiger partial charge in [-0.05, 0) is 49.1 Å². The van der Waals surface area contributed by atoms with Gasteiger partial charge in [0.05, 0.1) is 12.1 Å². The Morgan fingerprint density at radius 3 is 2.70 bits per heavy atom. The minimum Gasteiger partial charge on any atom is -0.491 e. The quantitative estimate of drug-likeness (QED) is 0.751. The number of thiophene rings is 2. The number of hydrogen-bond donors (Lipinski definition) is 1. The number of benzene rings is 1. The molecule has 2 heterocycles. The van der Waals surface area contributed by atoms with E-state index in [1.807, 2.05) is 32.0 Å². The summed E-state index contributed by atoms with van der Waals surface area (Å²) in [5.74, 6) is 0.881. The van der Waals surface area contributed by atoms with E-state index >= 15 is 0 Å². The van der Waals surface area contributed by atoms with Crippen LogP contribution in [0.3, 0.4) is 0 Å². The van der Waals surface area contributed by atoms with Gasteiger partial charge in [-0.1, -0.05) is 12.1 Å². The second-order valence-electron chi connectivity index (χ2n) is 5.01. The molecule has 0 bridgehead atoms. The van der Waals surface area contributed by atoms with Crippen LogP contribution in [-0.2, 0) is 0 Å². The highest BCUT2D eigenvalue weighted by atomic mass is 32.1. The lowest BCUT2D eigenvalue weighted by molar-refractivity contribution is 0.242. The van der Waals surface area contributed by atoms with Gasteiger partial charge in [0.15, 0.2) is 0 Å². The number of ether oxygens (including phenoxy) is 1. The maximum Gasteiger partial charge on any atom is 0.120 e. The molecule has 2 N–H and O–H groups in total. The third-order valence-electron chi connectivity index (χ3n) is 3.05. The first-order valence-corrected chi connectivity index (χ1v) is 8.32. The fraction of sp³-hybridized carbons (Fsp3) is 0.250. The van der Waals surface area contributed by atoms with Crippen LogP contribution in [0.2, 0.25) is 0 Å². The predicted molar refractivity (Wildman–Crippen MR) is 87.9 cm³/mol. The Hall–Kier alpha value is -1.36. The minimum atomic E-state index is -0.0877. The van der Waals surface area contributed by atoms with Crippen LogP contribution in [0.4, 0.5) is 0 Å². The molecule has 1 unspecified atom stereocenters. The second kappa shape index (κ2) is 5.56. The Balaban J connectivity index is 1.89. The topological polar surface area (TPSA) is 35.2 Å². The molecule has 1 atom stereocenters. The van der Waals surface area contributed by atoms with E-state index in [0.29, 0.717) is 0 Å². The van der Waals surface area contributed by atoms with Gasteiger partial charge in [-0.2, -0.15) is 0 Å². The standard InChI is InChI=1S/C16H17NOS2/c1-10(2)18-12-5-3-4-11(8-12)16(17)15-9-14-13(20-15)6-7-19-14/h3-10,16H,17H2,1-2H3. The SMILES string of the molecule is CC(C)Oc1cccc(C(N)c2cc3sccc3s2)c1. The highest BCUT2D eigenvalue weighted by Crippen LogP contribution is 2.35. The van der Waals surface area contributed by atoms with Gasteiger partial charge >= 0.3 is 0 Å². The van der Waals surface area contributed by atoms with Gasteiger partial charge in [-0.3, -0.25) is 0 Å². The van der Waals surface area contributed by atoms with E-state index in [2.05, 4.69) is 23.6 Å². The van der Waals surface area contributed by atoms with Crippen molar-refractivity contribution in [1.29, 1.82) is 0 Å². The molecule has 104 valence electrons. The van der Waals surface area contributed by atoms with Crippen LogP contribution in [0, 0.1) is 0 Å². The highest BCUT2D eigenvalue weighted by Gasteiger charge is 2.14. The van der Waals surface area contributed by atoms with Crippen LogP contribution in [0.5, 0.6) is 5.75 Å². The molecule has 0 amide bonds. The van der Waals surface area contributed by atoms with Crippen molar-refractivity contribution in [2.75, 3.05) is 0 Å². The molecule has 0 radical (unpaired) electrons. The maximum atomic E-state index is 6.40. The first-order valence-electron chi connectivity index (χ1n) is 6.62. The van der Waals surface area contributed by atoms with Gasteiger partial charge in [0.2, 0.25) is 0 Å². The number of fused-ring (bicyclic) bond motifs is 1. The van der Waals surface area contributed by atoms with Gasteiger partial charge < -0.3 is 10.5 Å². The van der Waals surface area contributed by atoms with Gasteiger partial charge in [-0.25, -0.2) is 0 Å². The number of hydrogen-bond acceptors (Lipinski definition) is 4. The largest absolute Gasteiger partial charge is 0.491 e. The Morgan fingerprint density at radius 2 is 1.95 bits per heavy atom. The number of rotatable bonds is 4. The fourth-order valence-electron chi connectivity index (χ4n) is 2.16. The van der Waals surface area contributed by atoms with E-state index in [4.69, 9.17) is 10.5 Å². The average molecular weight is 303 g/mol. The second-order valence-corrected chi connectivity index (χ2v) is 7.08. The molecule has 20 heavy (non-hydrogen) atoms. The molecule has 0 saturated carbocycles. The van der Waals surface area contributed by atoms with E-state index in [9.17, 15) is 0 Å². The third kappa shape index (κ3) is 2.73. The summed E-state index contributed by atoms with van der Waals surface area (Å²) < 4.78 is 8.36. The molecule has 0 aliphatic heterocycles. The van der Waals surface area contributed by atoms with Gasteiger partial charge in [-0.15, -0.1) is 22.7 Å². The van der Waals surface area contributed by atoms with Crippen molar-refractivity contribution >= 4 is 32.1 Å². The van der Waals surface area contributed by atoms with E-state index < -0.39 is 0 Å². The van der Waals surface area contributed by atoms with Crippen LogP contribution in [0.15, 0.2) is 41.8 Å². The summed E-state index contributed by atoms with van der Waals surface area (Å²) in [5, 5.41) is 2.12. The molecule has 1 aromatic carbocycles. The predicted octanol–water partition coefficient (Wildman–Crippen LogP) is 4.80. The Morgan fingerprint density at radius 1 is 1.10 bits per heavy atom. The lowest BCUT2D eigenvalue weighted by Crippen LogP contribution is -2.11. The van der Waals surface area contributed by atoms with E-state index in [0.717, 1.165) is 11.3 Å². The molecule has 3 rings (SSSR count). The molecule has 0 aliphatic rings. The van der Waals surface area contributed by atoms with Crippen LogP contribution in [0.25, 0.3) is 9.40 Å². The summed E-state index contributed by atoms with van der Waals surface area (Å²) in [6.45, 7) is 4.06. The molecule has 0 fully saturated rings. The average Bonchev–Trinajstić information content (AvgIpc) is 2.98. The summed E-state index contributed by atoms with van der Waals surface area (Å²) in [7, 11) is 0. The smallest absolute Gasteiger partial charge is 0.120 e. The molecule has 4 heteroatoms. The maximum absolute atomic E-state index is 6.40. The van der Waals surface area contributed by atoms with Crippen LogP contribution >= 0.6 is 22.7 Å². The summed E-state index contributed by atoms with van der Waals surface area (Å²) in [6, 6.07) is 12.3. The summed E-state index contributed by atoms with van der Waals surface area (Å²) >= 11 is 3.53. The first kappa shape index (κ1) is 13.6. The lowest BCUT2D eigenvalue weighted by Gasteiger charge is -2.14. The van der Waals surface area contributed by atoms with Crippen molar-refractivity contribution in [3.05, 3.63) is 52.2 Å². The Kier molecular flexibility index (Phi) is 3.78. The summed E-state index contributed by atoms with van der Waals surface area (Å²) in [6.07, 6.45) is 0.175. The lowest BCUT2D eigenvalue weighted by atomic mass is 10.1. The van der Waals surface area contributed by atoms with Crippen molar-refractivity contribution in [1.82, 2.24) is 0 Å². The number of nitrogens with two attached hydrogens (primary N) is 1. The van der Waals surface area contributed by atoms with E-state index in [-0.39, 0.29) is 12.1 Å². The molecule has 2 nitrogen and oxygen atoms in total. The molecule has 2 aromatic heterocycles. The van der Waals surface area contributed by atoms with Crippen molar-refractivity contribution in [2.45, 2.75) is 26.0 Å². The van der Waals surface area contributed by atoms with Crippen LogP contribution in [0.1, 0.15) is 30.3 Å². The Bertz CT molecular complexity index is 685. The van der Waals surface area contributed by atoms with Crippen molar-refractivity contribution < 1.29 is 4.74 Å². The molecular weight excluding hydrogens is 286 g/mol. The normalized spacial score (nSPS) is 13.0. The van der Waals surface area contributed by atoms with Gasteiger partial charge in [0.25, 0.3) is 0 Å². The van der Waals surface area contributed by atoms with Gasteiger partial charge in [0.1, 0.15) is 5.75 Å². The third-order valence-corrected chi connectivity index (χ3v) is 5.23. The molecule has 0 saturated heterocycles. The molecule has 0 aliphatic carbocycles. The summed E-state index contributed by atoms with van der Waals surface area (Å²) in [4.78, 5) is 1.20.